The van der Waals surface area contributed by atoms with Crippen molar-refractivity contribution in [2.24, 2.45) is 0 Å². The average Bonchev–Trinajstić information content (AvgIpc) is 3.27. The molecule has 1 aromatic carbocycles. The minimum atomic E-state index is -1.04. The van der Waals surface area contributed by atoms with Crippen molar-refractivity contribution in [3.8, 4) is 6.07 Å². The standard InChI is InChI=1S/C23H31N5O7S/c24-16-22-28-18-4-3-17(15-19(18)36-22)27-21(30)6-5-20(29)25-7-1-9-33-11-13-35-14-12-34-10-2-8-26-23(31)32/h3-4,15,26H,1-2,5-14H2,(H,25,29)(H,27,30)(H,31,32). The van der Waals surface area contributed by atoms with Crippen molar-refractivity contribution in [1.82, 2.24) is 15.6 Å². The van der Waals surface area contributed by atoms with Gasteiger partial charge in [-0.25, -0.2) is 9.78 Å². The van der Waals surface area contributed by atoms with Gasteiger partial charge in [0.15, 0.2) is 5.01 Å². The van der Waals surface area contributed by atoms with Gasteiger partial charge in [-0.3, -0.25) is 9.59 Å². The van der Waals surface area contributed by atoms with E-state index in [1.54, 1.807) is 18.2 Å². The largest absolute Gasteiger partial charge is 0.465 e. The second-order valence-electron chi connectivity index (χ2n) is 7.49. The Morgan fingerprint density at radius 3 is 2.17 bits per heavy atom. The summed E-state index contributed by atoms with van der Waals surface area (Å²) < 4.78 is 16.9. The Bertz CT molecular complexity index is 1020. The maximum atomic E-state index is 12.1. The molecule has 13 heteroatoms. The zero-order valence-corrected chi connectivity index (χ0v) is 20.7. The summed E-state index contributed by atoms with van der Waals surface area (Å²) in [5.41, 5.74) is 1.30. The first-order chi connectivity index (χ1) is 17.5. The number of hydrogen-bond donors (Lipinski definition) is 4. The molecule has 2 rings (SSSR count). The Labute approximate surface area is 212 Å². The molecule has 0 bridgehead atoms. The third-order valence-corrected chi connectivity index (χ3v) is 5.54. The molecule has 1 heterocycles. The summed E-state index contributed by atoms with van der Waals surface area (Å²) in [4.78, 5) is 38.5. The number of carbonyl (C=O) groups is 3. The lowest BCUT2D eigenvalue weighted by Crippen LogP contribution is -2.26. The van der Waals surface area contributed by atoms with Gasteiger partial charge in [0, 0.05) is 44.8 Å². The molecule has 0 aliphatic heterocycles. The Hall–Kier alpha value is -3.31. The van der Waals surface area contributed by atoms with Gasteiger partial charge in [0.2, 0.25) is 11.8 Å². The molecule has 0 radical (unpaired) electrons. The van der Waals surface area contributed by atoms with Crippen LogP contribution in [0, 0.1) is 11.3 Å². The van der Waals surface area contributed by atoms with E-state index in [-0.39, 0.29) is 24.7 Å². The van der Waals surface area contributed by atoms with Crippen LogP contribution in [0.1, 0.15) is 30.7 Å². The summed E-state index contributed by atoms with van der Waals surface area (Å²) in [7, 11) is 0. The zero-order chi connectivity index (χ0) is 26.0. The smallest absolute Gasteiger partial charge is 0.404 e. The van der Waals surface area contributed by atoms with Crippen molar-refractivity contribution >= 4 is 45.1 Å². The first kappa shape index (κ1) is 28.9. The number of benzene rings is 1. The number of nitrogens with zero attached hydrogens (tertiary/aromatic N) is 2. The van der Waals surface area contributed by atoms with E-state index in [0.29, 0.717) is 81.8 Å². The van der Waals surface area contributed by atoms with Crippen LogP contribution in [0.5, 0.6) is 0 Å². The van der Waals surface area contributed by atoms with Crippen molar-refractivity contribution in [2.75, 3.05) is 58.0 Å². The molecular weight excluding hydrogens is 490 g/mol. The van der Waals surface area contributed by atoms with Gasteiger partial charge in [0.1, 0.15) is 6.07 Å². The lowest BCUT2D eigenvalue weighted by molar-refractivity contribution is -0.124. The van der Waals surface area contributed by atoms with E-state index in [1.165, 1.54) is 11.3 Å². The summed E-state index contributed by atoms with van der Waals surface area (Å²) in [6.45, 7) is 3.48. The fourth-order valence-electron chi connectivity index (χ4n) is 2.90. The first-order valence-corrected chi connectivity index (χ1v) is 12.4. The fraction of sp³-hybridized carbons (Fsp3) is 0.522. The topological polar surface area (TPSA) is 172 Å². The highest BCUT2D eigenvalue weighted by Crippen LogP contribution is 2.24. The maximum Gasteiger partial charge on any atom is 0.404 e. The van der Waals surface area contributed by atoms with E-state index in [4.69, 9.17) is 24.6 Å². The predicted molar refractivity (Wildman–Crippen MR) is 133 cm³/mol. The molecule has 0 aliphatic rings. The van der Waals surface area contributed by atoms with Crippen molar-refractivity contribution in [2.45, 2.75) is 25.7 Å². The number of hydrogen-bond acceptors (Lipinski definition) is 9. The number of carbonyl (C=O) groups excluding carboxylic acids is 2. The molecule has 0 spiro atoms. The molecule has 0 unspecified atom stereocenters. The number of anilines is 1. The van der Waals surface area contributed by atoms with Gasteiger partial charge in [0.05, 0.1) is 36.6 Å². The number of nitrogens with one attached hydrogen (secondary N) is 3. The number of rotatable bonds is 18. The fourth-order valence-corrected chi connectivity index (χ4v) is 3.70. The SMILES string of the molecule is N#Cc1nc2ccc(NC(=O)CCC(=O)NCCCOCCOCCOCCCNC(=O)O)cc2s1. The molecule has 3 amide bonds. The Balaban J connectivity index is 1.40. The van der Waals surface area contributed by atoms with Crippen LogP contribution in [0.2, 0.25) is 0 Å². The third-order valence-electron chi connectivity index (χ3n) is 4.62. The molecule has 0 fully saturated rings. The zero-order valence-electron chi connectivity index (χ0n) is 19.9. The van der Waals surface area contributed by atoms with Crippen LogP contribution in [-0.2, 0) is 23.8 Å². The van der Waals surface area contributed by atoms with Crippen LogP contribution in [0.15, 0.2) is 18.2 Å². The van der Waals surface area contributed by atoms with E-state index in [9.17, 15) is 14.4 Å². The van der Waals surface area contributed by atoms with Crippen molar-refractivity contribution in [3.05, 3.63) is 23.2 Å². The molecule has 0 aliphatic carbocycles. The molecule has 0 saturated heterocycles. The number of aromatic nitrogens is 1. The Morgan fingerprint density at radius 2 is 1.53 bits per heavy atom. The molecule has 0 saturated carbocycles. The molecular formula is C23H31N5O7S. The van der Waals surface area contributed by atoms with Gasteiger partial charge in [0.25, 0.3) is 0 Å². The number of thiazole rings is 1. The first-order valence-electron chi connectivity index (χ1n) is 11.5. The number of carboxylic acid groups (broad SMARTS) is 1. The second-order valence-corrected chi connectivity index (χ2v) is 8.52. The molecule has 36 heavy (non-hydrogen) atoms. The van der Waals surface area contributed by atoms with Crippen LogP contribution in [0.25, 0.3) is 10.2 Å². The monoisotopic (exact) mass is 521 g/mol. The van der Waals surface area contributed by atoms with E-state index in [2.05, 4.69) is 20.9 Å². The minimum absolute atomic E-state index is 0.0623. The average molecular weight is 522 g/mol. The highest BCUT2D eigenvalue weighted by molar-refractivity contribution is 7.19. The van der Waals surface area contributed by atoms with Crippen molar-refractivity contribution in [1.29, 1.82) is 5.26 Å². The quantitative estimate of drug-likeness (QED) is 0.214. The second kappa shape index (κ2) is 17.2. The number of amides is 3. The summed E-state index contributed by atoms with van der Waals surface area (Å²) >= 11 is 1.25. The highest BCUT2D eigenvalue weighted by Gasteiger charge is 2.09. The van der Waals surface area contributed by atoms with Gasteiger partial charge in [-0.1, -0.05) is 0 Å². The number of ether oxygens (including phenoxy) is 3. The van der Waals surface area contributed by atoms with Crippen LogP contribution in [0.3, 0.4) is 0 Å². The predicted octanol–water partition coefficient (Wildman–Crippen LogP) is 2.10. The van der Waals surface area contributed by atoms with E-state index in [1.807, 2.05) is 6.07 Å². The molecule has 4 N–H and O–H groups in total. The van der Waals surface area contributed by atoms with Crippen LogP contribution in [-0.4, -0.2) is 80.7 Å². The normalized spacial score (nSPS) is 10.6. The summed E-state index contributed by atoms with van der Waals surface area (Å²) in [5.74, 6) is -0.470. The lowest BCUT2D eigenvalue weighted by Gasteiger charge is -2.08. The summed E-state index contributed by atoms with van der Waals surface area (Å²) in [6, 6.07) is 7.22. The van der Waals surface area contributed by atoms with Gasteiger partial charge >= 0.3 is 6.09 Å². The van der Waals surface area contributed by atoms with Crippen LogP contribution < -0.4 is 16.0 Å². The van der Waals surface area contributed by atoms with Gasteiger partial charge < -0.3 is 35.3 Å². The Kier molecular flexibility index (Phi) is 13.8. The summed E-state index contributed by atoms with van der Waals surface area (Å²) in [6.07, 6.45) is 0.355. The maximum absolute atomic E-state index is 12.1. The minimum Gasteiger partial charge on any atom is -0.465 e. The third kappa shape index (κ3) is 12.4. The molecule has 12 nitrogen and oxygen atoms in total. The van der Waals surface area contributed by atoms with Crippen LogP contribution >= 0.6 is 11.3 Å². The lowest BCUT2D eigenvalue weighted by atomic mass is 10.2. The van der Waals surface area contributed by atoms with Crippen LogP contribution in [0.4, 0.5) is 10.5 Å². The summed E-state index contributed by atoms with van der Waals surface area (Å²) in [5, 5.41) is 25.5. The molecule has 1 aromatic heterocycles. The van der Waals surface area contributed by atoms with E-state index < -0.39 is 6.09 Å². The van der Waals surface area contributed by atoms with Gasteiger partial charge in [-0.05, 0) is 31.0 Å². The van der Waals surface area contributed by atoms with Gasteiger partial charge in [-0.15, -0.1) is 11.3 Å². The number of fused-ring (bicyclic) bond motifs is 1. The number of nitriles is 1. The van der Waals surface area contributed by atoms with E-state index in [0.717, 1.165) is 4.70 Å². The Morgan fingerprint density at radius 1 is 0.917 bits per heavy atom. The molecule has 0 atom stereocenters. The van der Waals surface area contributed by atoms with Gasteiger partial charge in [-0.2, -0.15) is 5.26 Å². The molecule has 2 aromatic rings. The molecule has 196 valence electrons. The van der Waals surface area contributed by atoms with Crippen molar-refractivity contribution < 1.29 is 33.7 Å². The van der Waals surface area contributed by atoms with Crippen molar-refractivity contribution in [3.63, 3.8) is 0 Å². The highest BCUT2D eigenvalue weighted by atomic mass is 32.1. The van der Waals surface area contributed by atoms with E-state index >= 15 is 0 Å².